The molecule has 1 saturated carbocycles. The molecule has 112 valence electrons. The number of hydrogen-bond donors (Lipinski definition) is 1. The van der Waals surface area contributed by atoms with E-state index in [9.17, 15) is 0 Å². The van der Waals surface area contributed by atoms with Crippen molar-refractivity contribution in [1.82, 2.24) is 10.2 Å². The first kappa shape index (κ1) is 15.2. The van der Waals surface area contributed by atoms with Crippen LogP contribution in [0.1, 0.15) is 33.1 Å². The monoisotopic (exact) mass is 270 g/mol. The summed E-state index contributed by atoms with van der Waals surface area (Å²) in [5.74, 6) is 0.880. The maximum absolute atomic E-state index is 5.79. The van der Waals surface area contributed by atoms with Crippen LogP contribution in [0.4, 0.5) is 0 Å². The van der Waals surface area contributed by atoms with Crippen LogP contribution < -0.4 is 5.32 Å². The van der Waals surface area contributed by atoms with Crippen molar-refractivity contribution >= 4 is 0 Å². The van der Waals surface area contributed by atoms with Gasteiger partial charge >= 0.3 is 0 Å². The van der Waals surface area contributed by atoms with Gasteiger partial charge in [-0.2, -0.15) is 0 Å². The number of rotatable bonds is 9. The van der Waals surface area contributed by atoms with Crippen LogP contribution in [0.5, 0.6) is 0 Å². The molecule has 0 bridgehead atoms. The van der Waals surface area contributed by atoms with Gasteiger partial charge in [0, 0.05) is 38.9 Å². The Morgan fingerprint density at radius 2 is 2.21 bits per heavy atom. The van der Waals surface area contributed by atoms with Gasteiger partial charge in [0.1, 0.15) is 0 Å². The third kappa shape index (κ3) is 6.21. The highest BCUT2D eigenvalue weighted by Gasteiger charge is 2.22. The molecule has 0 aromatic carbocycles. The summed E-state index contributed by atoms with van der Waals surface area (Å²) in [6.07, 6.45) is 4.21. The van der Waals surface area contributed by atoms with Gasteiger partial charge in [0.05, 0.1) is 12.7 Å². The summed E-state index contributed by atoms with van der Waals surface area (Å²) in [6, 6.07) is 0.627. The fraction of sp³-hybridized carbons (Fsp3) is 1.00. The van der Waals surface area contributed by atoms with Gasteiger partial charge in [0.15, 0.2) is 0 Å². The first-order chi connectivity index (χ1) is 9.25. The molecule has 1 saturated heterocycles. The number of morpholine rings is 1. The summed E-state index contributed by atoms with van der Waals surface area (Å²) in [5, 5.41) is 3.49. The van der Waals surface area contributed by atoms with Gasteiger partial charge in [-0.05, 0) is 45.6 Å². The van der Waals surface area contributed by atoms with E-state index in [0.717, 1.165) is 58.3 Å². The molecule has 1 unspecified atom stereocenters. The second-order valence-electron chi connectivity index (χ2n) is 6.16. The lowest BCUT2D eigenvalue weighted by Gasteiger charge is -2.35. The molecule has 0 aromatic heterocycles. The van der Waals surface area contributed by atoms with Gasteiger partial charge in [-0.25, -0.2) is 0 Å². The highest BCUT2D eigenvalue weighted by molar-refractivity contribution is 4.75. The van der Waals surface area contributed by atoms with Gasteiger partial charge in [0.25, 0.3) is 0 Å². The summed E-state index contributed by atoms with van der Waals surface area (Å²) < 4.78 is 11.4. The Bertz CT molecular complexity index is 244. The Balaban J connectivity index is 1.43. The highest BCUT2D eigenvalue weighted by Crippen LogP contribution is 2.28. The smallest absolute Gasteiger partial charge is 0.0826 e. The van der Waals surface area contributed by atoms with Crippen molar-refractivity contribution in [3.05, 3.63) is 0 Å². The fourth-order valence-corrected chi connectivity index (χ4v) is 2.43. The topological polar surface area (TPSA) is 33.7 Å². The second kappa shape index (κ2) is 8.20. The molecular weight excluding hydrogens is 240 g/mol. The number of hydrogen-bond acceptors (Lipinski definition) is 4. The van der Waals surface area contributed by atoms with E-state index in [-0.39, 0.29) is 0 Å². The summed E-state index contributed by atoms with van der Waals surface area (Å²) in [5.41, 5.74) is 0. The molecule has 0 spiro atoms. The van der Waals surface area contributed by atoms with E-state index >= 15 is 0 Å². The molecule has 2 rings (SSSR count). The molecule has 4 heteroatoms. The second-order valence-corrected chi connectivity index (χ2v) is 6.16. The largest absolute Gasteiger partial charge is 0.381 e. The van der Waals surface area contributed by atoms with Crippen LogP contribution in [0, 0.1) is 5.92 Å². The minimum atomic E-state index is 0.350. The third-order valence-corrected chi connectivity index (χ3v) is 3.97. The average molecular weight is 270 g/mol. The van der Waals surface area contributed by atoms with Gasteiger partial charge in [-0.3, -0.25) is 4.90 Å². The van der Waals surface area contributed by atoms with E-state index in [0.29, 0.717) is 12.1 Å². The van der Waals surface area contributed by atoms with Crippen molar-refractivity contribution in [3.63, 3.8) is 0 Å². The molecule has 2 fully saturated rings. The summed E-state index contributed by atoms with van der Waals surface area (Å²) in [6.45, 7) is 11.4. The third-order valence-electron chi connectivity index (χ3n) is 3.97. The molecule has 1 aliphatic carbocycles. The first-order valence-electron chi connectivity index (χ1n) is 7.90. The fourth-order valence-electron chi connectivity index (χ4n) is 2.43. The lowest BCUT2D eigenvalue weighted by Crippen LogP contribution is -2.49. The van der Waals surface area contributed by atoms with Crippen LogP contribution in [-0.4, -0.2) is 63.0 Å². The van der Waals surface area contributed by atoms with E-state index in [1.54, 1.807) is 0 Å². The summed E-state index contributed by atoms with van der Waals surface area (Å²) in [4.78, 5) is 2.49. The minimum absolute atomic E-state index is 0.350. The van der Waals surface area contributed by atoms with Gasteiger partial charge in [-0.15, -0.1) is 0 Å². The highest BCUT2D eigenvalue weighted by atomic mass is 16.5. The number of ether oxygens (including phenoxy) is 2. The zero-order valence-corrected chi connectivity index (χ0v) is 12.6. The molecule has 4 nitrogen and oxygen atoms in total. The Labute approximate surface area is 117 Å². The quantitative estimate of drug-likeness (QED) is 0.644. The maximum Gasteiger partial charge on any atom is 0.0826 e. The predicted octanol–water partition coefficient (Wildman–Crippen LogP) is 1.50. The van der Waals surface area contributed by atoms with Crippen molar-refractivity contribution in [2.24, 2.45) is 5.92 Å². The predicted molar refractivity (Wildman–Crippen MR) is 77.5 cm³/mol. The molecule has 0 radical (unpaired) electrons. The van der Waals surface area contributed by atoms with Gasteiger partial charge in [-0.1, -0.05) is 0 Å². The van der Waals surface area contributed by atoms with E-state index in [4.69, 9.17) is 9.47 Å². The zero-order valence-electron chi connectivity index (χ0n) is 12.6. The standard InChI is InChI=1S/C15H30N2O2/c1-13(2)17-7-9-19-15(11-17)10-16-6-3-8-18-12-14-4-5-14/h13-16H,3-12H2,1-2H3. The van der Waals surface area contributed by atoms with Crippen molar-refractivity contribution in [2.75, 3.05) is 46.0 Å². The Kier molecular flexibility index (Phi) is 6.57. The van der Waals surface area contributed by atoms with Crippen LogP contribution in [0.3, 0.4) is 0 Å². The molecular formula is C15H30N2O2. The summed E-state index contributed by atoms with van der Waals surface area (Å²) >= 11 is 0. The normalized spacial score (nSPS) is 25.1. The Hall–Kier alpha value is -0.160. The van der Waals surface area contributed by atoms with Crippen molar-refractivity contribution in [1.29, 1.82) is 0 Å². The van der Waals surface area contributed by atoms with E-state index in [1.165, 1.54) is 12.8 Å². The minimum Gasteiger partial charge on any atom is -0.381 e. The molecule has 1 heterocycles. The lowest BCUT2D eigenvalue weighted by atomic mass is 10.2. The lowest BCUT2D eigenvalue weighted by molar-refractivity contribution is -0.0372. The number of nitrogens with zero attached hydrogens (tertiary/aromatic N) is 1. The molecule has 1 atom stereocenters. The van der Waals surface area contributed by atoms with E-state index < -0.39 is 0 Å². The summed E-state index contributed by atoms with van der Waals surface area (Å²) in [7, 11) is 0. The molecule has 1 aliphatic heterocycles. The van der Waals surface area contributed by atoms with Gasteiger partial charge in [0.2, 0.25) is 0 Å². The first-order valence-corrected chi connectivity index (χ1v) is 7.90. The molecule has 19 heavy (non-hydrogen) atoms. The average Bonchev–Trinajstić information content (AvgIpc) is 3.22. The van der Waals surface area contributed by atoms with Crippen molar-refractivity contribution in [2.45, 2.75) is 45.3 Å². The van der Waals surface area contributed by atoms with E-state index in [2.05, 4.69) is 24.1 Å². The van der Waals surface area contributed by atoms with Crippen LogP contribution in [0.15, 0.2) is 0 Å². The molecule has 0 aromatic rings. The van der Waals surface area contributed by atoms with Crippen LogP contribution in [0.2, 0.25) is 0 Å². The maximum atomic E-state index is 5.79. The zero-order chi connectivity index (χ0) is 13.5. The SMILES string of the molecule is CC(C)N1CCOC(CNCCCOCC2CC2)C1. The van der Waals surface area contributed by atoms with Gasteiger partial charge < -0.3 is 14.8 Å². The Morgan fingerprint density at radius 1 is 1.37 bits per heavy atom. The number of nitrogens with one attached hydrogen (secondary N) is 1. The van der Waals surface area contributed by atoms with Crippen LogP contribution in [0.25, 0.3) is 0 Å². The molecule has 0 amide bonds. The Morgan fingerprint density at radius 3 is 2.95 bits per heavy atom. The van der Waals surface area contributed by atoms with Crippen LogP contribution >= 0.6 is 0 Å². The van der Waals surface area contributed by atoms with E-state index in [1.807, 2.05) is 0 Å². The molecule has 2 aliphatic rings. The molecule has 1 N–H and O–H groups in total. The van der Waals surface area contributed by atoms with Crippen LogP contribution in [-0.2, 0) is 9.47 Å². The van der Waals surface area contributed by atoms with Crippen molar-refractivity contribution < 1.29 is 9.47 Å². The van der Waals surface area contributed by atoms with Crippen molar-refractivity contribution in [3.8, 4) is 0 Å².